The highest BCUT2D eigenvalue weighted by Gasteiger charge is 2.25. The first-order chi connectivity index (χ1) is 20.6. The molecule has 0 radical (unpaired) electrons. The summed E-state index contributed by atoms with van der Waals surface area (Å²) in [5, 5.41) is 13.2. The largest absolute Gasteiger partial charge is 0.496 e. The van der Waals surface area contributed by atoms with E-state index in [0.29, 0.717) is 52.7 Å². The lowest BCUT2D eigenvalue weighted by molar-refractivity contribution is 0.0254. The van der Waals surface area contributed by atoms with Gasteiger partial charge in [-0.3, -0.25) is 9.78 Å². The predicted molar refractivity (Wildman–Crippen MR) is 166 cm³/mol. The van der Waals surface area contributed by atoms with Crippen LogP contribution in [0.4, 0.5) is 0 Å². The topological polar surface area (TPSA) is 110 Å². The molecular formula is C33H35ClN4O5. The van der Waals surface area contributed by atoms with Crippen molar-refractivity contribution in [1.29, 1.82) is 5.26 Å². The Balaban J connectivity index is 0.00000368. The van der Waals surface area contributed by atoms with Gasteiger partial charge in [0.05, 0.1) is 31.5 Å². The van der Waals surface area contributed by atoms with Crippen molar-refractivity contribution < 1.29 is 23.4 Å². The van der Waals surface area contributed by atoms with Gasteiger partial charge in [-0.1, -0.05) is 6.07 Å². The van der Waals surface area contributed by atoms with Crippen molar-refractivity contribution in [3.8, 4) is 40.0 Å². The molecule has 10 heteroatoms. The zero-order chi connectivity index (χ0) is 29.1. The van der Waals surface area contributed by atoms with E-state index in [0.717, 1.165) is 55.5 Å². The van der Waals surface area contributed by atoms with Crippen LogP contribution in [0.5, 0.6) is 11.5 Å². The number of ether oxygens (including phenoxy) is 3. The summed E-state index contributed by atoms with van der Waals surface area (Å²) in [6, 6.07) is 17.3. The molecule has 1 amide bonds. The SMILES string of the molecule is COc1cc(C(=O)N(C)C2CCNCC2)ccc1-c1cc2nccc(-c3ccc(OC4CCOCC4)c(C#N)c3)c2o1.Cl. The molecule has 9 nitrogen and oxygen atoms in total. The van der Waals surface area contributed by atoms with Gasteiger partial charge in [0.1, 0.15) is 34.9 Å². The lowest BCUT2D eigenvalue weighted by atomic mass is 10.0. The van der Waals surface area contributed by atoms with E-state index < -0.39 is 0 Å². The van der Waals surface area contributed by atoms with Gasteiger partial charge in [-0.25, -0.2) is 0 Å². The number of carbonyl (C=O) groups is 1. The van der Waals surface area contributed by atoms with E-state index in [1.165, 1.54) is 0 Å². The van der Waals surface area contributed by atoms with Gasteiger partial charge in [0.2, 0.25) is 0 Å². The van der Waals surface area contributed by atoms with Crippen LogP contribution in [-0.2, 0) is 4.74 Å². The highest BCUT2D eigenvalue weighted by atomic mass is 35.5. The van der Waals surface area contributed by atoms with Gasteiger partial charge >= 0.3 is 0 Å². The maximum atomic E-state index is 13.3. The van der Waals surface area contributed by atoms with E-state index in [1.54, 1.807) is 19.4 Å². The quantitative estimate of drug-likeness (QED) is 0.281. The Morgan fingerprint density at radius 1 is 1.02 bits per heavy atom. The minimum atomic E-state index is -0.0298. The Labute approximate surface area is 257 Å². The monoisotopic (exact) mass is 602 g/mol. The van der Waals surface area contributed by atoms with Crippen LogP contribution in [-0.4, -0.2) is 68.4 Å². The van der Waals surface area contributed by atoms with Crippen LogP contribution in [0.3, 0.4) is 0 Å². The number of piperidine rings is 1. The lowest BCUT2D eigenvalue weighted by Crippen LogP contribution is -2.43. The molecule has 2 aliphatic rings. The number of hydrogen-bond acceptors (Lipinski definition) is 8. The fourth-order valence-corrected chi connectivity index (χ4v) is 5.75. The van der Waals surface area contributed by atoms with Gasteiger partial charge < -0.3 is 28.8 Å². The number of methoxy groups -OCH3 is 1. The number of amides is 1. The molecule has 0 saturated carbocycles. The van der Waals surface area contributed by atoms with Gasteiger partial charge in [-0.15, -0.1) is 12.4 Å². The number of nitriles is 1. The third kappa shape index (κ3) is 6.32. The maximum absolute atomic E-state index is 13.3. The third-order valence-electron chi connectivity index (χ3n) is 8.18. The molecule has 43 heavy (non-hydrogen) atoms. The molecule has 2 aromatic heterocycles. The zero-order valence-electron chi connectivity index (χ0n) is 24.3. The fourth-order valence-electron chi connectivity index (χ4n) is 5.75. The average Bonchev–Trinajstić information content (AvgIpc) is 3.49. The predicted octanol–water partition coefficient (Wildman–Crippen LogP) is 5.85. The molecule has 2 saturated heterocycles. The first-order valence-electron chi connectivity index (χ1n) is 14.4. The molecule has 6 rings (SSSR count). The second-order valence-corrected chi connectivity index (χ2v) is 10.7. The molecule has 0 aliphatic carbocycles. The molecule has 2 fully saturated rings. The summed E-state index contributed by atoms with van der Waals surface area (Å²) in [4.78, 5) is 19.6. The number of halogens is 1. The number of nitrogens with zero attached hydrogens (tertiary/aromatic N) is 3. The smallest absolute Gasteiger partial charge is 0.253 e. The van der Waals surface area contributed by atoms with Gasteiger partial charge in [0, 0.05) is 49.3 Å². The number of hydrogen-bond donors (Lipinski definition) is 1. The minimum Gasteiger partial charge on any atom is -0.496 e. The van der Waals surface area contributed by atoms with Crippen molar-refractivity contribution in [2.24, 2.45) is 0 Å². The third-order valence-corrected chi connectivity index (χ3v) is 8.18. The summed E-state index contributed by atoms with van der Waals surface area (Å²) >= 11 is 0. The van der Waals surface area contributed by atoms with Crippen molar-refractivity contribution in [1.82, 2.24) is 15.2 Å². The average molecular weight is 603 g/mol. The molecule has 1 N–H and O–H groups in total. The number of nitrogens with one attached hydrogen (secondary N) is 1. The van der Waals surface area contributed by atoms with Gasteiger partial charge in [-0.05, 0) is 67.9 Å². The number of benzene rings is 2. The molecule has 2 aromatic carbocycles. The van der Waals surface area contributed by atoms with Crippen molar-refractivity contribution in [2.75, 3.05) is 40.5 Å². The van der Waals surface area contributed by atoms with Crippen LogP contribution in [0, 0.1) is 11.3 Å². The summed E-state index contributed by atoms with van der Waals surface area (Å²) < 4.78 is 23.6. The number of pyridine rings is 1. The van der Waals surface area contributed by atoms with Crippen LogP contribution in [0.25, 0.3) is 33.6 Å². The molecule has 224 valence electrons. The standard InChI is InChI=1S/C33H34N4O5.ClH/c1-37(24-7-12-35-13-8-24)33(38)22-3-5-27(30(18-22)39-2)31-19-28-32(42-31)26(9-14-36-28)21-4-6-29(23(17-21)20-34)41-25-10-15-40-16-11-25;/h3-6,9,14,17-19,24-25,35H,7-8,10-13,15-16H2,1-2H3;1H. The minimum absolute atomic E-state index is 0. The van der Waals surface area contributed by atoms with Crippen LogP contribution < -0.4 is 14.8 Å². The van der Waals surface area contributed by atoms with Crippen LogP contribution in [0.2, 0.25) is 0 Å². The molecular weight excluding hydrogens is 568 g/mol. The Kier molecular flexibility index (Phi) is 9.51. The number of rotatable bonds is 7. The van der Waals surface area contributed by atoms with Crippen molar-refractivity contribution >= 4 is 29.4 Å². The van der Waals surface area contributed by atoms with Crippen molar-refractivity contribution in [3.05, 3.63) is 65.9 Å². The summed E-state index contributed by atoms with van der Waals surface area (Å²) in [6.07, 6.45) is 5.25. The van der Waals surface area contributed by atoms with E-state index in [2.05, 4.69) is 16.4 Å². The van der Waals surface area contributed by atoms with E-state index in [-0.39, 0.29) is 30.5 Å². The van der Waals surface area contributed by atoms with Crippen LogP contribution in [0.1, 0.15) is 41.6 Å². The summed E-state index contributed by atoms with van der Waals surface area (Å²) in [7, 11) is 3.45. The fraction of sp³-hybridized carbons (Fsp3) is 0.364. The summed E-state index contributed by atoms with van der Waals surface area (Å²) in [5.74, 6) is 1.66. The first-order valence-corrected chi connectivity index (χ1v) is 14.4. The van der Waals surface area contributed by atoms with E-state index in [1.807, 2.05) is 54.4 Å². The molecule has 0 bridgehead atoms. The second-order valence-electron chi connectivity index (χ2n) is 10.7. The van der Waals surface area contributed by atoms with Crippen molar-refractivity contribution in [3.63, 3.8) is 0 Å². The number of carbonyl (C=O) groups excluding carboxylic acids is 1. The number of furan rings is 1. The number of fused-ring (bicyclic) bond motifs is 1. The zero-order valence-corrected chi connectivity index (χ0v) is 25.1. The molecule has 2 aliphatic heterocycles. The highest BCUT2D eigenvalue weighted by molar-refractivity contribution is 5.96. The van der Waals surface area contributed by atoms with E-state index in [9.17, 15) is 10.1 Å². The van der Waals surface area contributed by atoms with Gasteiger partial charge in [0.15, 0.2) is 5.58 Å². The van der Waals surface area contributed by atoms with Gasteiger partial charge in [0.25, 0.3) is 5.91 Å². The van der Waals surface area contributed by atoms with E-state index in [4.69, 9.17) is 18.6 Å². The summed E-state index contributed by atoms with van der Waals surface area (Å²) in [6.45, 7) is 3.16. The molecule has 0 spiro atoms. The second kappa shape index (κ2) is 13.5. The Morgan fingerprint density at radius 2 is 1.81 bits per heavy atom. The normalized spacial score (nSPS) is 15.8. The molecule has 4 heterocycles. The summed E-state index contributed by atoms with van der Waals surface area (Å²) in [5.41, 5.74) is 4.67. The van der Waals surface area contributed by atoms with Gasteiger partial charge in [-0.2, -0.15) is 5.26 Å². The van der Waals surface area contributed by atoms with Crippen molar-refractivity contribution in [2.45, 2.75) is 37.8 Å². The molecule has 4 aromatic rings. The van der Waals surface area contributed by atoms with E-state index >= 15 is 0 Å². The molecule has 0 unspecified atom stereocenters. The Morgan fingerprint density at radius 3 is 2.56 bits per heavy atom. The highest BCUT2D eigenvalue weighted by Crippen LogP contribution is 2.38. The van der Waals surface area contributed by atoms with Crippen LogP contribution >= 0.6 is 12.4 Å². The lowest BCUT2D eigenvalue weighted by Gasteiger charge is -2.31. The number of aromatic nitrogens is 1. The maximum Gasteiger partial charge on any atom is 0.253 e. The Bertz CT molecular complexity index is 1640. The first kappa shape index (κ1) is 30.4. The molecule has 0 atom stereocenters. The van der Waals surface area contributed by atoms with Crippen LogP contribution in [0.15, 0.2) is 59.1 Å². The Hall–Kier alpha value is -4.10.